The Morgan fingerprint density at radius 2 is 0.372 bits per heavy atom. The number of rotatable bonds is 14. The highest BCUT2D eigenvalue weighted by Gasteiger charge is 2.29. The zero-order chi connectivity index (χ0) is 89.9. The highest BCUT2D eigenvalue weighted by molar-refractivity contribution is 6.44. The molecule has 8 nitrogen and oxygen atoms in total. The Kier molecular flexibility index (Phi) is 17.6. The SMILES string of the molecule is c1ccc(-c2ccc(N(c3ccccc3)c3ccc(-c4ccc5oc6ccc7ccc8cccc9c4c5c6c7c89)cc3)cc2)cc1.c1ccc(-c2nc(-c3ccccc3)nc(-c3cccc(-c4ccc5oc6ccc7ccc8cccc9c4c5c6c7c89)c3)n2)cc1.c1ccc(N(c2ccccc2)c2ccc(-c3cccc(-c4ccc5oc6ccc7ccc8cccc9c4c5c6c7c89)c3)cc2)cc1. The van der Waals surface area contributed by atoms with E-state index in [1.165, 1.54) is 174 Å². The highest BCUT2D eigenvalue weighted by Crippen LogP contribution is 2.55. The van der Waals surface area contributed by atoms with Gasteiger partial charge in [-0.3, -0.25) is 0 Å². The number of hydrogen-bond donors (Lipinski definition) is 0. The summed E-state index contributed by atoms with van der Waals surface area (Å²) in [5.74, 6) is 1.94. The molecule has 137 heavy (non-hydrogen) atoms. The van der Waals surface area contributed by atoms with Gasteiger partial charge in [-0.05, 0) is 242 Å². The molecule has 8 heteroatoms. The van der Waals surface area contributed by atoms with Gasteiger partial charge in [0.05, 0.1) is 0 Å². The molecule has 26 aromatic carbocycles. The lowest BCUT2D eigenvalue weighted by atomic mass is 9.86. The van der Waals surface area contributed by atoms with Crippen molar-refractivity contribution >= 4 is 197 Å². The molecule has 0 bridgehead atoms. The molecule has 0 unspecified atom stereocenters. The summed E-state index contributed by atoms with van der Waals surface area (Å²) in [6, 6.07) is 166. The average molecular weight is 1750 g/mol. The van der Waals surface area contributed by atoms with Crippen molar-refractivity contribution in [2.24, 2.45) is 0 Å². The molecule has 0 atom stereocenters. The van der Waals surface area contributed by atoms with Crippen LogP contribution in [0.1, 0.15) is 0 Å². The largest absolute Gasteiger partial charge is 0.456 e. The van der Waals surface area contributed by atoms with Crippen molar-refractivity contribution in [3.63, 3.8) is 0 Å². The van der Waals surface area contributed by atoms with E-state index in [-0.39, 0.29) is 0 Å². The van der Waals surface area contributed by atoms with E-state index >= 15 is 0 Å². The molecule has 0 fully saturated rings. The van der Waals surface area contributed by atoms with Gasteiger partial charge in [0.2, 0.25) is 0 Å². The van der Waals surface area contributed by atoms with Crippen LogP contribution < -0.4 is 9.80 Å². The zero-order valence-electron chi connectivity index (χ0n) is 73.9. The van der Waals surface area contributed by atoms with E-state index in [1.54, 1.807) is 0 Å². The Morgan fingerprint density at radius 1 is 0.139 bits per heavy atom. The van der Waals surface area contributed by atoms with Crippen LogP contribution in [0.15, 0.2) is 480 Å². The Morgan fingerprint density at radius 3 is 0.730 bits per heavy atom. The minimum absolute atomic E-state index is 0.641. The minimum Gasteiger partial charge on any atom is -0.456 e. The van der Waals surface area contributed by atoms with E-state index in [4.69, 9.17) is 28.2 Å². The van der Waals surface area contributed by atoms with Crippen molar-refractivity contribution in [3.8, 4) is 89.8 Å². The lowest BCUT2D eigenvalue weighted by Gasteiger charge is -2.26. The first-order chi connectivity index (χ1) is 67.9. The standard InChI is InChI=1S/2C44H27NO.C41H23N3O/c1-3-12-33(13-4-1)45(34-14-5-2-6-15-34)35-22-19-28(20-23-35)31-10-7-11-32(27-31)36-24-26-39-44-42(36)37-16-8-9-29-17-18-30-21-25-38(46-39)43(44)41(30)40(29)37;1-3-8-28(9-4-1)29-16-21-34(22-17-29)45(33-11-5-2-6-12-33)35-23-18-30(19-24-35)36-25-27-39-44-42(36)37-13-7-10-31-14-15-32-20-26-38(46-39)43(44)41(32)40(31)37;1-3-9-26(10-4-1)39-42-40(27-11-5-2-6-12-27)44-41(43-39)29-15-7-14-28(23-29)30-20-22-33-38-36(30)31-16-8-13-24-17-18-25-19-21-32(45-33)37(38)35(25)34(24)31/h2*1-27H;1-23H. The van der Waals surface area contributed by atoms with Crippen LogP contribution in [0.2, 0.25) is 0 Å². The molecule has 0 spiro atoms. The molecular formula is C129H77N5O3. The molecule has 0 aliphatic rings. The number of para-hydroxylation sites is 3. The van der Waals surface area contributed by atoms with E-state index in [9.17, 15) is 0 Å². The predicted molar refractivity (Wildman–Crippen MR) is 572 cm³/mol. The number of furan rings is 3. The van der Waals surface area contributed by atoms with E-state index in [0.717, 1.165) is 95.4 Å². The van der Waals surface area contributed by atoms with Gasteiger partial charge in [0, 0.05) is 115 Å². The Hall–Kier alpha value is -18.4. The average Bonchev–Trinajstić information content (AvgIpc) is 1.59. The van der Waals surface area contributed by atoms with Crippen molar-refractivity contribution in [2.75, 3.05) is 9.80 Å². The van der Waals surface area contributed by atoms with Crippen LogP contribution in [-0.4, -0.2) is 15.0 Å². The summed E-state index contributed by atoms with van der Waals surface area (Å²) in [7, 11) is 0. The van der Waals surface area contributed by atoms with Gasteiger partial charge in [0.25, 0.3) is 0 Å². The predicted octanol–water partition coefficient (Wildman–Crippen LogP) is 36.2. The molecule has 4 aromatic heterocycles. The maximum atomic E-state index is 6.45. The molecule has 0 saturated carbocycles. The quantitative estimate of drug-likeness (QED) is 0.0786. The van der Waals surface area contributed by atoms with Gasteiger partial charge in [-0.1, -0.05) is 346 Å². The molecule has 0 aliphatic carbocycles. The summed E-state index contributed by atoms with van der Waals surface area (Å²) in [6.45, 7) is 0. The normalized spacial score (nSPS) is 11.9. The summed E-state index contributed by atoms with van der Waals surface area (Å²) in [6.07, 6.45) is 0. The van der Waals surface area contributed by atoms with Crippen LogP contribution in [0.4, 0.5) is 34.1 Å². The number of anilines is 6. The van der Waals surface area contributed by atoms with Crippen molar-refractivity contribution in [1.82, 2.24) is 15.0 Å². The second-order valence-electron chi connectivity index (χ2n) is 35.8. The van der Waals surface area contributed by atoms with Crippen LogP contribution in [0, 0.1) is 0 Å². The fraction of sp³-hybridized carbons (Fsp3) is 0. The number of benzene rings is 26. The molecule has 0 amide bonds. The maximum absolute atomic E-state index is 6.45. The Bertz CT molecular complexity index is 9700. The molecule has 4 heterocycles. The second-order valence-corrected chi connectivity index (χ2v) is 35.8. The van der Waals surface area contributed by atoms with Crippen LogP contribution >= 0.6 is 0 Å². The number of hydrogen-bond acceptors (Lipinski definition) is 8. The van der Waals surface area contributed by atoms with Gasteiger partial charge < -0.3 is 23.1 Å². The fourth-order valence-corrected chi connectivity index (χ4v) is 22.1. The van der Waals surface area contributed by atoms with E-state index < -0.39 is 0 Å². The number of fused-ring (bicyclic) bond motifs is 3. The summed E-state index contributed by atoms with van der Waals surface area (Å²) >= 11 is 0. The van der Waals surface area contributed by atoms with Crippen LogP contribution in [0.25, 0.3) is 253 Å². The summed E-state index contributed by atoms with van der Waals surface area (Å²) in [5.41, 5.74) is 27.1. The van der Waals surface area contributed by atoms with Gasteiger partial charge in [-0.2, -0.15) is 0 Å². The van der Waals surface area contributed by atoms with E-state index in [2.05, 4.69) is 416 Å². The lowest BCUT2D eigenvalue weighted by Crippen LogP contribution is -2.09. The molecule has 0 radical (unpaired) electrons. The molecule has 0 N–H and O–H groups in total. The summed E-state index contributed by atoms with van der Waals surface area (Å²) in [4.78, 5) is 19.5. The van der Waals surface area contributed by atoms with E-state index in [0.29, 0.717) is 17.5 Å². The third-order valence-corrected chi connectivity index (χ3v) is 28.2. The second kappa shape index (κ2) is 31.2. The zero-order valence-corrected chi connectivity index (χ0v) is 73.9. The third-order valence-electron chi connectivity index (χ3n) is 28.2. The van der Waals surface area contributed by atoms with Crippen molar-refractivity contribution in [1.29, 1.82) is 0 Å². The van der Waals surface area contributed by atoms with Crippen molar-refractivity contribution < 1.29 is 13.3 Å². The number of nitrogens with zero attached hydrogens (tertiary/aromatic N) is 5. The molecular weight excluding hydrogens is 1670 g/mol. The molecule has 30 rings (SSSR count). The van der Waals surface area contributed by atoms with Gasteiger partial charge >= 0.3 is 0 Å². The number of aromatic nitrogens is 3. The first-order valence-corrected chi connectivity index (χ1v) is 46.7. The Balaban J connectivity index is 0.000000102. The van der Waals surface area contributed by atoms with Crippen LogP contribution in [0.3, 0.4) is 0 Å². The minimum atomic E-state index is 0.641. The first kappa shape index (κ1) is 77.4. The van der Waals surface area contributed by atoms with Crippen LogP contribution in [0.5, 0.6) is 0 Å². The highest BCUT2D eigenvalue weighted by atomic mass is 16.3. The molecule has 0 aliphatic heterocycles. The van der Waals surface area contributed by atoms with Gasteiger partial charge in [-0.15, -0.1) is 0 Å². The van der Waals surface area contributed by atoms with Crippen molar-refractivity contribution in [2.45, 2.75) is 0 Å². The Labute approximate surface area is 786 Å². The smallest absolute Gasteiger partial charge is 0.164 e. The fourth-order valence-electron chi connectivity index (χ4n) is 22.1. The topological polar surface area (TPSA) is 84.6 Å². The van der Waals surface area contributed by atoms with Gasteiger partial charge in [0.15, 0.2) is 17.5 Å². The summed E-state index contributed by atoms with van der Waals surface area (Å²) < 4.78 is 19.4. The molecule has 636 valence electrons. The van der Waals surface area contributed by atoms with Gasteiger partial charge in [0.1, 0.15) is 33.5 Å². The maximum Gasteiger partial charge on any atom is 0.164 e. The van der Waals surface area contributed by atoms with E-state index in [1.807, 2.05) is 60.7 Å². The monoisotopic (exact) mass is 1740 g/mol. The first-order valence-electron chi connectivity index (χ1n) is 46.7. The lowest BCUT2D eigenvalue weighted by molar-refractivity contribution is 0.669. The molecule has 30 aromatic rings. The van der Waals surface area contributed by atoms with Gasteiger partial charge in [-0.25, -0.2) is 15.0 Å². The third kappa shape index (κ3) is 12.5. The van der Waals surface area contributed by atoms with Crippen molar-refractivity contribution in [3.05, 3.63) is 467 Å². The molecule has 0 saturated heterocycles. The van der Waals surface area contributed by atoms with Crippen LogP contribution in [-0.2, 0) is 0 Å². The summed E-state index contributed by atoms with van der Waals surface area (Å²) in [5, 5.41) is 30.2.